The summed E-state index contributed by atoms with van der Waals surface area (Å²) in [6, 6.07) is 6.91. The van der Waals surface area contributed by atoms with Crippen molar-refractivity contribution in [3.63, 3.8) is 0 Å². The molecule has 24 heavy (non-hydrogen) atoms. The van der Waals surface area contributed by atoms with Crippen LogP contribution in [-0.4, -0.2) is 77.5 Å². The molecule has 0 aromatic carbocycles. The second kappa shape index (κ2) is 7.74. The Morgan fingerprint density at radius 2 is 2.25 bits per heavy atom. The van der Waals surface area contributed by atoms with Gasteiger partial charge in [0.05, 0.1) is 6.54 Å². The molecule has 1 aromatic rings. The molecule has 6 heteroatoms. The van der Waals surface area contributed by atoms with Gasteiger partial charge in [0.1, 0.15) is 5.82 Å². The van der Waals surface area contributed by atoms with Crippen molar-refractivity contribution in [1.29, 1.82) is 0 Å². The number of aromatic nitrogens is 1. The minimum atomic E-state index is 0.222. The number of likely N-dealkylation sites (N-methyl/N-ethyl adjacent to an activating group) is 1. The number of amides is 1. The highest BCUT2D eigenvalue weighted by atomic mass is 32.2. The SMILES string of the molecule is Cc1cccc(N2CCN(C(=O)CN(C)[C@@H]3CCSC3)[C@@H](C)C2)n1. The maximum absolute atomic E-state index is 12.7. The van der Waals surface area contributed by atoms with Crippen LogP contribution in [0.25, 0.3) is 0 Å². The molecular formula is C18H28N4OS. The number of carbonyl (C=O) groups excluding carboxylic acids is 1. The Morgan fingerprint density at radius 3 is 2.92 bits per heavy atom. The average Bonchev–Trinajstić information content (AvgIpc) is 3.09. The molecular weight excluding hydrogens is 320 g/mol. The number of pyridine rings is 1. The second-order valence-electron chi connectivity index (χ2n) is 6.95. The van der Waals surface area contributed by atoms with E-state index in [0.717, 1.165) is 36.9 Å². The zero-order valence-corrected chi connectivity index (χ0v) is 15.8. The predicted molar refractivity (Wildman–Crippen MR) is 101 cm³/mol. The Balaban J connectivity index is 1.56. The number of nitrogens with zero attached hydrogens (tertiary/aromatic N) is 4. The van der Waals surface area contributed by atoms with E-state index in [9.17, 15) is 4.79 Å². The van der Waals surface area contributed by atoms with Crippen LogP contribution in [0.4, 0.5) is 5.82 Å². The number of aryl methyl sites for hydroxylation is 1. The molecule has 3 rings (SSSR count). The van der Waals surface area contributed by atoms with Crippen LogP contribution in [0.1, 0.15) is 19.0 Å². The number of hydrogen-bond acceptors (Lipinski definition) is 5. The lowest BCUT2D eigenvalue weighted by atomic mass is 10.1. The maximum atomic E-state index is 12.7. The van der Waals surface area contributed by atoms with Crippen molar-refractivity contribution in [2.75, 3.05) is 49.6 Å². The zero-order valence-electron chi connectivity index (χ0n) is 14.9. The van der Waals surface area contributed by atoms with Crippen LogP contribution in [0, 0.1) is 6.92 Å². The Bertz CT molecular complexity index is 576. The van der Waals surface area contributed by atoms with Gasteiger partial charge in [-0.15, -0.1) is 0 Å². The molecule has 3 heterocycles. The fraction of sp³-hybridized carbons (Fsp3) is 0.667. The molecule has 0 spiro atoms. The van der Waals surface area contributed by atoms with Crippen LogP contribution in [-0.2, 0) is 4.79 Å². The molecule has 2 aliphatic heterocycles. The highest BCUT2D eigenvalue weighted by molar-refractivity contribution is 7.99. The van der Waals surface area contributed by atoms with E-state index >= 15 is 0 Å². The monoisotopic (exact) mass is 348 g/mol. The van der Waals surface area contributed by atoms with Gasteiger partial charge in [0.2, 0.25) is 5.91 Å². The minimum Gasteiger partial charge on any atom is -0.353 e. The zero-order chi connectivity index (χ0) is 17.1. The van der Waals surface area contributed by atoms with Gasteiger partial charge in [0, 0.05) is 43.2 Å². The number of rotatable bonds is 4. The van der Waals surface area contributed by atoms with Crippen LogP contribution < -0.4 is 4.90 Å². The molecule has 0 unspecified atom stereocenters. The standard InChI is InChI=1S/C18H28N4OS/c1-14-5-4-6-17(19-14)21-8-9-22(15(2)11-21)18(23)12-20(3)16-7-10-24-13-16/h4-6,15-16H,7-13H2,1-3H3/t15-,16+/m0/s1. The molecule has 132 valence electrons. The first-order valence-electron chi connectivity index (χ1n) is 8.80. The lowest BCUT2D eigenvalue weighted by Crippen LogP contribution is -2.56. The first kappa shape index (κ1) is 17.5. The number of anilines is 1. The summed E-state index contributed by atoms with van der Waals surface area (Å²) >= 11 is 1.99. The number of thioether (sulfide) groups is 1. The Kier molecular flexibility index (Phi) is 5.66. The van der Waals surface area contributed by atoms with Crippen molar-refractivity contribution in [2.24, 2.45) is 0 Å². The Morgan fingerprint density at radius 1 is 1.42 bits per heavy atom. The molecule has 0 saturated carbocycles. The third kappa shape index (κ3) is 4.03. The predicted octanol–water partition coefficient (Wildman–Crippen LogP) is 1.86. The topological polar surface area (TPSA) is 39.7 Å². The summed E-state index contributed by atoms with van der Waals surface area (Å²) in [5.41, 5.74) is 1.04. The summed E-state index contributed by atoms with van der Waals surface area (Å²) in [6.45, 7) is 7.19. The average molecular weight is 349 g/mol. The first-order chi connectivity index (χ1) is 11.5. The molecule has 1 aromatic heterocycles. The molecule has 2 atom stereocenters. The van der Waals surface area contributed by atoms with Gasteiger partial charge >= 0.3 is 0 Å². The van der Waals surface area contributed by atoms with Crippen LogP contribution in [0.3, 0.4) is 0 Å². The third-order valence-electron chi connectivity index (χ3n) is 5.06. The van der Waals surface area contributed by atoms with E-state index in [1.54, 1.807) is 0 Å². The van der Waals surface area contributed by atoms with Crippen molar-refractivity contribution >= 4 is 23.5 Å². The van der Waals surface area contributed by atoms with Crippen molar-refractivity contribution in [2.45, 2.75) is 32.4 Å². The van der Waals surface area contributed by atoms with E-state index in [-0.39, 0.29) is 11.9 Å². The smallest absolute Gasteiger partial charge is 0.237 e. The highest BCUT2D eigenvalue weighted by Gasteiger charge is 2.30. The maximum Gasteiger partial charge on any atom is 0.237 e. The Labute approximate surface area is 149 Å². The van der Waals surface area contributed by atoms with E-state index in [1.165, 1.54) is 12.2 Å². The molecule has 1 amide bonds. The summed E-state index contributed by atoms with van der Waals surface area (Å²) in [5, 5.41) is 0. The largest absolute Gasteiger partial charge is 0.353 e. The van der Waals surface area contributed by atoms with Gasteiger partial charge in [0.25, 0.3) is 0 Å². The quantitative estimate of drug-likeness (QED) is 0.831. The van der Waals surface area contributed by atoms with Gasteiger partial charge in [-0.05, 0) is 45.2 Å². The van der Waals surface area contributed by atoms with E-state index < -0.39 is 0 Å². The fourth-order valence-electron chi connectivity index (χ4n) is 3.54. The Hall–Kier alpha value is -1.27. The summed E-state index contributed by atoms with van der Waals surface area (Å²) in [7, 11) is 2.09. The highest BCUT2D eigenvalue weighted by Crippen LogP contribution is 2.22. The molecule has 5 nitrogen and oxygen atoms in total. The van der Waals surface area contributed by atoms with Crippen molar-refractivity contribution in [3.05, 3.63) is 23.9 Å². The molecule has 0 aliphatic carbocycles. The first-order valence-corrected chi connectivity index (χ1v) is 9.96. The van der Waals surface area contributed by atoms with Gasteiger partial charge in [-0.3, -0.25) is 9.69 Å². The van der Waals surface area contributed by atoms with Crippen molar-refractivity contribution < 1.29 is 4.79 Å². The number of hydrogen-bond donors (Lipinski definition) is 0. The number of piperazine rings is 1. The normalized spacial score (nSPS) is 24.7. The third-order valence-corrected chi connectivity index (χ3v) is 6.20. The van der Waals surface area contributed by atoms with E-state index in [1.807, 2.05) is 29.7 Å². The van der Waals surface area contributed by atoms with Gasteiger partial charge in [-0.2, -0.15) is 11.8 Å². The minimum absolute atomic E-state index is 0.222. The van der Waals surface area contributed by atoms with E-state index in [0.29, 0.717) is 12.6 Å². The summed E-state index contributed by atoms with van der Waals surface area (Å²) < 4.78 is 0. The molecule has 0 bridgehead atoms. The molecule has 0 radical (unpaired) electrons. The van der Waals surface area contributed by atoms with Crippen LogP contribution in [0.2, 0.25) is 0 Å². The van der Waals surface area contributed by atoms with Crippen LogP contribution >= 0.6 is 11.8 Å². The summed E-state index contributed by atoms with van der Waals surface area (Å²) in [4.78, 5) is 23.9. The fourth-order valence-corrected chi connectivity index (χ4v) is 4.84. The van der Waals surface area contributed by atoms with Gasteiger partial charge in [0.15, 0.2) is 0 Å². The van der Waals surface area contributed by atoms with E-state index in [4.69, 9.17) is 0 Å². The van der Waals surface area contributed by atoms with Gasteiger partial charge < -0.3 is 9.80 Å². The van der Waals surface area contributed by atoms with Crippen LogP contribution in [0.5, 0.6) is 0 Å². The summed E-state index contributed by atoms with van der Waals surface area (Å²) in [6.07, 6.45) is 1.21. The van der Waals surface area contributed by atoms with Gasteiger partial charge in [-0.1, -0.05) is 6.07 Å². The van der Waals surface area contributed by atoms with Crippen LogP contribution in [0.15, 0.2) is 18.2 Å². The molecule has 2 fully saturated rings. The number of carbonyl (C=O) groups is 1. The van der Waals surface area contributed by atoms with Crippen molar-refractivity contribution in [1.82, 2.24) is 14.8 Å². The molecule has 2 saturated heterocycles. The lowest BCUT2D eigenvalue weighted by molar-refractivity contribution is -0.134. The molecule has 2 aliphatic rings. The second-order valence-corrected chi connectivity index (χ2v) is 8.10. The molecule has 0 N–H and O–H groups in total. The lowest BCUT2D eigenvalue weighted by Gasteiger charge is -2.41. The van der Waals surface area contributed by atoms with E-state index in [2.05, 4.69) is 40.9 Å². The van der Waals surface area contributed by atoms with Gasteiger partial charge in [-0.25, -0.2) is 4.98 Å². The summed E-state index contributed by atoms with van der Waals surface area (Å²) in [5.74, 6) is 3.67. The van der Waals surface area contributed by atoms with Crippen molar-refractivity contribution in [3.8, 4) is 0 Å².